The molecule has 7 nitrogen and oxygen atoms in total. The third kappa shape index (κ3) is 4.03. The van der Waals surface area contributed by atoms with Crippen molar-refractivity contribution in [2.75, 3.05) is 32.8 Å². The normalized spacial score (nSPS) is 16.3. The topological polar surface area (TPSA) is 63.5 Å². The van der Waals surface area contributed by atoms with Gasteiger partial charge in [-0.1, -0.05) is 12.1 Å². The second-order valence-electron chi connectivity index (χ2n) is 7.98. The van der Waals surface area contributed by atoms with E-state index in [0.717, 1.165) is 38.4 Å². The Hall–Kier alpha value is -3.26. The molecule has 0 saturated carbocycles. The van der Waals surface area contributed by atoms with E-state index in [4.69, 9.17) is 4.74 Å². The van der Waals surface area contributed by atoms with Gasteiger partial charge in [-0.3, -0.25) is 9.69 Å². The van der Waals surface area contributed by atoms with Gasteiger partial charge in [-0.15, -0.1) is 5.10 Å². The van der Waals surface area contributed by atoms with Gasteiger partial charge in [0.05, 0.1) is 12.3 Å². The lowest BCUT2D eigenvalue weighted by molar-refractivity contribution is 0.0616. The lowest BCUT2D eigenvalue weighted by Crippen LogP contribution is -2.48. The Balaban J connectivity index is 1.21. The highest BCUT2D eigenvalue weighted by Crippen LogP contribution is 2.26. The molecule has 3 aromatic rings. The molecule has 2 aliphatic heterocycles. The third-order valence-corrected chi connectivity index (χ3v) is 5.85. The zero-order valence-electron chi connectivity index (χ0n) is 17.4. The first-order chi connectivity index (χ1) is 15.1. The molecule has 0 radical (unpaired) electrons. The summed E-state index contributed by atoms with van der Waals surface area (Å²) in [6.45, 7) is 6.30. The number of carbonyl (C=O) groups is 1. The predicted octanol–water partition coefficient (Wildman–Crippen LogP) is 2.61. The van der Waals surface area contributed by atoms with Crippen LogP contribution in [0.15, 0.2) is 42.5 Å². The van der Waals surface area contributed by atoms with Crippen molar-refractivity contribution in [1.29, 1.82) is 0 Å². The average Bonchev–Trinajstić information content (AvgIpc) is 3.40. The van der Waals surface area contributed by atoms with Crippen LogP contribution in [0.3, 0.4) is 0 Å². The summed E-state index contributed by atoms with van der Waals surface area (Å²) in [5, 5.41) is 4.37. The molecule has 1 fully saturated rings. The number of aryl methyl sites for hydroxylation is 1. The van der Waals surface area contributed by atoms with Crippen molar-refractivity contribution in [3.05, 3.63) is 71.1 Å². The zero-order valence-corrected chi connectivity index (χ0v) is 17.4. The van der Waals surface area contributed by atoms with Gasteiger partial charge in [0, 0.05) is 39.1 Å². The van der Waals surface area contributed by atoms with Crippen molar-refractivity contribution >= 4 is 5.91 Å². The Morgan fingerprint density at radius 1 is 1.10 bits per heavy atom. The van der Waals surface area contributed by atoms with Crippen molar-refractivity contribution < 1.29 is 13.9 Å². The molecule has 2 aliphatic rings. The number of hydrogen-bond acceptors (Lipinski definition) is 5. The van der Waals surface area contributed by atoms with E-state index in [9.17, 15) is 9.18 Å². The molecule has 0 N–H and O–H groups in total. The molecular formula is C23H24FN5O2. The number of aromatic nitrogens is 3. The summed E-state index contributed by atoms with van der Waals surface area (Å²) in [6, 6.07) is 12.4. The molecule has 1 saturated heterocycles. The van der Waals surface area contributed by atoms with E-state index in [1.807, 2.05) is 0 Å². The zero-order chi connectivity index (χ0) is 21.4. The molecule has 0 aliphatic carbocycles. The molecule has 0 atom stereocenters. The van der Waals surface area contributed by atoms with Crippen LogP contribution in [0.2, 0.25) is 0 Å². The Kier molecular flexibility index (Phi) is 5.15. The van der Waals surface area contributed by atoms with E-state index >= 15 is 0 Å². The number of piperazine rings is 1. The molecule has 5 rings (SSSR count). The minimum Gasteiger partial charge on any atom is -0.493 e. The Bertz CT molecular complexity index is 1100. The van der Waals surface area contributed by atoms with Crippen molar-refractivity contribution in [2.45, 2.75) is 19.9 Å². The highest BCUT2D eigenvalue weighted by molar-refractivity contribution is 5.90. The molecule has 1 amide bonds. The van der Waals surface area contributed by atoms with Crippen LogP contribution in [0.25, 0.3) is 5.69 Å². The number of ether oxygens (including phenoxy) is 1. The summed E-state index contributed by atoms with van der Waals surface area (Å²) in [5.74, 6) is 1.28. The molecule has 3 heterocycles. The van der Waals surface area contributed by atoms with Gasteiger partial charge in [0.2, 0.25) is 5.82 Å². The monoisotopic (exact) mass is 421 g/mol. The largest absolute Gasteiger partial charge is 0.493 e. The van der Waals surface area contributed by atoms with Gasteiger partial charge >= 0.3 is 0 Å². The molecule has 160 valence electrons. The van der Waals surface area contributed by atoms with Gasteiger partial charge in [-0.2, -0.15) is 0 Å². The summed E-state index contributed by atoms with van der Waals surface area (Å²) in [5.41, 5.74) is 3.24. The first kappa shape index (κ1) is 19.7. The van der Waals surface area contributed by atoms with Crippen LogP contribution in [0, 0.1) is 12.7 Å². The lowest BCUT2D eigenvalue weighted by atomic mass is 10.1. The third-order valence-electron chi connectivity index (χ3n) is 5.85. The fraction of sp³-hybridized carbons (Fsp3) is 0.348. The maximum atomic E-state index is 13.2. The minimum absolute atomic E-state index is 0.168. The molecule has 8 heteroatoms. The average molecular weight is 421 g/mol. The standard InChI is InChI=1S/C23H24FN5O2/c1-16-25-22(26-29(16)20-5-3-19(24)4-6-20)23(30)28-11-9-27(10-12-28)15-17-2-7-21-18(14-17)8-13-31-21/h2-7,14H,8-13,15H2,1H3. The summed E-state index contributed by atoms with van der Waals surface area (Å²) in [6.07, 6.45) is 0.975. The van der Waals surface area contributed by atoms with Crippen LogP contribution >= 0.6 is 0 Å². The van der Waals surface area contributed by atoms with Gasteiger partial charge in [0.25, 0.3) is 5.91 Å². The molecule has 2 aromatic carbocycles. The van der Waals surface area contributed by atoms with Gasteiger partial charge in [-0.25, -0.2) is 14.1 Å². The first-order valence-corrected chi connectivity index (χ1v) is 10.5. The van der Waals surface area contributed by atoms with E-state index in [0.29, 0.717) is 24.6 Å². The van der Waals surface area contributed by atoms with Crippen LogP contribution in [0.4, 0.5) is 4.39 Å². The number of halogens is 1. The van der Waals surface area contributed by atoms with Crippen LogP contribution in [0.1, 0.15) is 27.6 Å². The molecular weight excluding hydrogens is 397 g/mol. The highest BCUT2D eigenvalue weighted by atomic mass is 19.1. The summed E-state index contributed by atoms with van der Waals surface area (Å²) in [7, 11) is 0. The van der Waals surface area contributed by atoms with Crippen molar-refractivity contribution in [2.24, 2.45) is 0 Å². The van der Waals surface area contributed by atoms with E-state index in [1.54, 1.807) is 28.6 Å². The van der Waals surface area contributed by atoms with Crippen molar-refractivity contribution in [3.8, 4) is 11.4 Å². The summed E-state index contributed by atoms with van der Waals surface area (Å²) in [4.78, 5) is 21.4. The van der Waals surface area contributed by atoms with E-state index in [1.165, 1.54) is 23.3 Å². The number of rotatable bonds is 4. The Morgan fingerprint density at radius 2 is 1.87 bits per heavy atom. The number of carbonyl (C=O) groups excluding carboxylic acids is 1. The SMILES string of the molecule is Cc1nc(C(=O)N2CCN(Cc3ccc4c(c3)CCO4)CC2)nn1-c1ccc(F)cc1. The predicted molar refractivity (Wildman–Crippen MR) is 113 cm³/mol. The lowest BCUT2D eigenvalue weighted by Gasteiger charge is -2.34. The molecule has 0 unspecified atom stereocenters. The second-order valence-corrected chi connectivity index (χ2v) is 7.98. The van der Waals surface area contributed by atoms with E-state index in [2.05, 4.69) is 33.2 Å². The van der Waals surface area contributed by atoms with Crippen molar-refractivity contribution in [1.82, 2.24) is 24.6 Å². The van der Waals surface area contributed by atoms with Crippen LogP contribution in [-0.2, 0) is 13.0 Å². The summed E-state index contributed by atoms with van der Waals surface area (Å²) < 4.78 is 20.3. The first-order valence-electron chi connectivity index (χ1n) is 10.5. The molecule has 31 heavy (non-hydrogen) atoms. The van der Waals surface area contributed by atoms with Crippen LogP contribution < -0.4 is 4.74 Å². The van der Waals surface area contributed by atoms with Gasteiger partial charge in [-0.05, 0) is 48.4 Å². The van der Waals surface area contributed by atoms with Gasteiger partial charge in [0.15, 0.2) is 0 Å². The second kappa shape index (κ2) is 8.11. The number of hydrogen-bond donors (Lipinski definition) is 0. The smallest absolute Gasteiger partial charge is 0.293 e. The fourth-order valence-electron chi connectivity index (χ4n) is 4.15. The molecule has 0 spiro atoms. The summed E-state index contributed by atoms with van der Waals surface area (Å²) >= 11 is 0. The number of fused-ring (bicyclic) bond motifs is 1. The van der Waals surface area contributed by atoms with Gasteiger partial charge < -0.3 is 9.64 Å². The Labute approximate surface area is 180 Å². The molecule has 1 aromatic heterocycles. The van der Waals surface area contributed by atoms with Crippen LogP contribution in [0.5, 0.6) is 5.75 Å². The quantitative estimate of drug-likeness (QED) is 0.648. The van der Waals surface area contributed by atoms with E-state index < -0.39 is 0 Å². The van der Waals surface area contributed by atoms with E-state index in [-0.39, 0.29) is 17.5 Å². The maximum Gasteiger partial charge on any atom is 0.293 e. The van der Waals surface area contributed by atoms with Crippen molar-refractivity contribution in [3.63, 3.8) is 0 Å². The van der Waals surface area contributed by atoms with Gasteiger partial charge in [0.1, 0.15) is 17.4 Å². The number of benzene rings is 2. The molecule has 0 bridgehead atoms. The number of amides is 1. The minimum atomic E-state index is -0.316. The van der Waals surface area contributed by atoms with Crippen LogP contribution in [-0.4, -0.2) is 63.3 Å². The Morgan fingerprint density at radius 3 is 2.65 bits per heavy atom. The highest BCUT2D eigenvalue weighted by Gasteiger charge is 2.26. The fourth-order valence-corrected chi connectivity index (χ4v) is 4.15. The maximum absolute atomic E-state index is 13.2. The number of nitrogens with zero attached hydrogens (tertiary/aromatic N) is 5.